The van der Waals surface area contributed by atoms with Crippen LogP contribution in [0.2, 0.25) is 0 Å². The van der Waals surface area contributed by atoms with Gasteiger partial charge in [-0.3, -0.25) is 4.79 Å². The van der Waals surface area contributed by atoms with Gasteiger partial charge in [-0.15, -0.1) is 0 Å². The van der Waals surface area contributed by atoms with Gasteiger partial charge in [0.1, 0.15) is 12.6 Å². The Morgan fingerprint density at radius 1 is 0.919 bits per heavy atom. The van der Waals surface area contributed by atoms with E-state index in [0.717, 1.165) is 22.3 Å². The number of hydrogen-bond donors (Lipinski definition) is 5. The number of ether oxygens (including phenoxy) is 1. The summed E-state index contributed by atoms with van der Waals surface area (Å²) >= 11 is 0. The third kappa shape index (κ3) is 6.45. The van der Waals surface area contributed by atoms with Crippen LogP contribution in [0.4, 0.5) is 15.3 Å². The molecule has 0 heterocycles. The van der Waals surface area contributed by atoms with Gasteiger partial charge >= 0.3 is 12.1 Å². The molecule has 1 atom stereocenters. The molecule has 37 heavy (non-hydrogen) atoms. The second-order valence-electron chi connectivity index (χ2n) is 8.80. The molecule has 6 N–H and O–H groups in total. The van der Waals surface area contributed by atoms with Gasteiger partial charge in [-0.05, 0) is 52.8 Å². The number of primary amides is 1. The molecule has 9 heteroatoms. The van der Waals surface area contributed by atoms with Crippen molar-refractivity contribution < 1.29 is 24.2 Å². The van der Waals surface area contributed by atoms with Crippen molar-refractivity contribution in [2.75, 3.05) is 18.5 Å². The van der Waals surface area contributed by atoms with Crippen LogP contribution < -0.4 is 21.7 Å². The van der Waals surface area contributed by atoms with Crippen molar-refractivity contribution in [3.63, 3.8) is 0 Å². The van der Waals surface area contributed by atoms with E-state index in [4.69, 9.17) is 10.5 Å². The maximum Gasteiger partial charge on any atom is 0.407 e. The van der Waals surface area contributed by atoms with Crippen LogP contribution in [0.5, 0.6) is 0 Å². The smallest absolute Gasteiger partial charge is 0.407 e. The predicted octanol–water partition coefficient (Wildman–Crippen LogP) is 3.47. The van der Waals surface area contributed by atoms with Gasteiger partial charge in [0.2, 0.25) is 5.91 Å². The number of alkyl carbamates (subject to hydrolysis) is 1. The minimum Gasteiger partial charge on any atom is -0.449 e. The lowest BCUT2D eigenvalue weighted by Gasteiger charge is -2.20. The molecular formula is C28H30N4O5. The van der Waals surface area contributed by atoms with Crippen LogP contribution in [0.3, 0.4) is 0 Å². The molecule has 0 aliphatic heterocycles. The zero-order valence-corrected chi connectivity index (χ0v) is 20.3. The van der Waals surface area contributed by atoms with Crippen LogP contribution in [-0.2, 0) is 16.1 Å². The molecule has 4 rings (SSSR count). The highest BCUT2D eigenvalue weighted by molar-refractivity contribution is 5.96. The Morgan fingerprint density at radius 3 is 2.14 bits per heavy atom. The van der Waals surface area contributed by atoms with Crippen LogP contribution in [0.15, 0.2) is 72.8 Å². The number of fused-ring (bicyclic) bond motifs is 3. The number of amides is 4. The van der Waals surface area contributed by atoms with E-state index < -0.39 is 24.1 Å². The normalized spacial score (nSPS) is 12.7. The molecule has 4 amide bonds. The summed E-state index contributed by atoms with van der Waals surface area (Å²) in [7, 11) is 0. The van der Waals surface area contributed by atoms with Gasteiger partial charge < -0.3 is 31.5 Å². The van der Waals surface area contributed by atoms with Crippen LogP contribution >= 0.6 is 0 Å². The van der Waals surface area contributed by atoms with Crippen molar-refractivity contribution >= 4 is 23.7 Å². The summed E-state index contributed by atoms with van der Waals surface area (Å²) in [5, 5.41) is 17.1. The van der Waals surface area contributed by atoms with Crippen molar-refractivity contribution in [2.24, 2.45) is 5.73 Å². The lowest BCUT2D eigenvalue weighted by Crippen LogP contribution is -2.44. The maximum absolute atomic E-state index is 13.0. The third-order valence-corrected chi connectivity index (χ3v) is 6.33. The molecule has 0 bridgehead atoms. The second kappa shape index (κ2) is 12.0. The van der Waals surface area contributed by atoms with E-state index in [2.05, 4.69) is 28.1 Å². The first-order valence-corrected chi connectivity index (χ1v) is 12.1. The lowest BCUT2D eigenvalue weighted by molar-refractivity contribution is -0.118. The summed E-state index contributed by atoms with van der Waals surface area (Å²) in [5.74, 6) is -0.528. The summed E-state index contributed by atoms with van der Waals surface area (Å²) in [5.41, 5.74) is 10.8. The number of anilines is 1. The predicted molar refractivity (Wildman–Crippen MR) is 140 cm³/mol. The first kappa shape index (κ1) is 25.7. The number of hydrogen-bond acceptors (Lipinski definition) is 5. The van der Waals surface area contributed by atoms with Gasteiger partial charge in [0.25, 0.3) is 0 Å². The summed E-state index contributed by atoms with van der Waals surface area (Å²) in [6.45, 7) is 0.282. The van der Waals surface area contributed by atoms with E-state index in [0.29, 0.717) is 17.7 Å². The average molecular weight is 503 g/mol. The van der Waals surface area contributed by atoms with E-state index in [9.17, 15) is 19.5 Å². The Labute approximate surface area is 215 Å². The SMILES string of the molecule is NC(=O)NCCC[C@@H](NC(=O)OCC1c2ccccc2-c2ccccc21)C(=O)Nc1ccc(CO)cc1. The molecule has 1 aliphatic carbocycles. The quantitative estimate of drug-likeness (QED) is 0.270. The number of urea groups is 1. The summed E-state index contributed by atoms with van der Waals surface area (Å²) in [6, 6.07) is 21.2. The number of nitrogens with one attached hydrogen (secondary N) is 3. The minimum absolute atomic E-state index is 0.102. The molecule has 192 valence electrons. The molecule has 9 nitrogen and oxygen atoms in total. The van der Waals surface area contributed by atoms with E-state index in [1.165, 1.54) is 0 Å². The van der Waals surface area contributed by atoms with E-state index >= 15 is 0 Å². The number of rotatable bonds is 10. The number of aliphatic hydroxyl groups excluding tert-OH is 1. The number of carbonyl (C=O) groups excluding carboxylic acids is 3. The van der Waals surface area contributed by atoms with Crippen LogP contribution in [-0.4, -0.2) is 42.3 Å². The molecular weight excluding hydrogens is 472 g/mol. The van der Waals surface area contributed by atoms with Gasteiger partial charge in [0.05, 0.1) is 6.61 Å². The Balaban J connectivity index is 1.40. The largest absolute Gasteiger partial charge is 0.449 e. The fourth-order valence-electron chi connectivity index (χ4n) is 4.49. The van der Waals surface area contributed by atoms with E-state index in [-0.39, 0.29) is 32.1 Å². The van der Waals surface area contributed by atoms with Crippen molar-refractivity contribution in [3.8, 4) is 11.1 Å². The Kier molecular flexibility index (Phi) is 8.37. The van der Waals surface area contributed by atoms with Crippen LogP contribution in [0.25, 0.3) is 11.1 Å². The fourth-order valence-corrected chi connectivity index (χ4v) is 4.49. The van der Waals surface area contributed by atoms with Gasteiger partial charge in [-0.1, -0.05) is 60.7 Å². The Bertz CT molecular complexity index is 1220. The molecule has 3 aromatic rings. The van der Waals surface area contributed by atoms with Gasteiger partial charge in [0, 0.05) is 18.2 Å². The summed E-state index contributed by atoms with van der Waals surface area (Å²) in [6.07, 6.45) is -0.0420. The average Bonchev–Trinajstić information content (AvgIpc) is 3.23. The standard InChI is InChI=1S/C28H30N4O5/c29-27(35)30-15-5-10-25(26(34)31-19-13-11-18(16-33)12-14-19)32-28(36)37-17-24-22-8-3-1-6-20(22)21-7-2-4-9-23(21)24/h1-4,6-9,11-14,24-25,33H,5,10,15-17H2,(H,31,34)(H,32,36)(H3,29,30,35)/t25-/m1/s1. The number of benzene rings is 3. The van der Waals surface area contributed by atoms with Crippen molar-refractivity contribution in [2.45, 2.75) is 31.4 Å². The van der Waals surface area contributed by atoms with Crippen LogP contribution in [0, 0.1) is 0 Å². The lowest BCUT2D eigenvalue weighted by atomic mass is 9.98. The van der Waals surface area contributed by atoms with E-state index in [1.54, 1.807) is 24.3 Å². The molecule has 0 spiro atoms. The van der Waals surface area contributed by atoms with Crippen molar-refractivity contribution in [1.29, 1.82) is 0 Å². The first-order valence-electron chi connectivity index (χ1n) is 12.1. The van der Waals surface area contributed by atoms with Crippen LogP contribution in [0.1, 0.15) is 35.4 Å². The molecule has 0 unspecified atom stereocenters. The first-order chi connectivity index (χ1) is 18.0. The molecule has 0 saturated carbocycles. The molecule has 0 radical (unpaired) electrons. The zero-order chi connectivity index (χ0) is 26.2. The highest BCUT2D eigenvalue weighted by Gasteiger charge is 2.29. The summed E-state index contributed by atoms with van der Waals surface area (Å²) in [4.78, 5) is 36.7. The van der Waals surface area contributed by atoms with Crippen molar-refractivity contribution in [1.82, 2.24) is 10.6 Å². The minimum atomic E-state index is -0.900. The topological polar surface area (TPSA) is 143 Å². The number of aliphatic hydroxyl groups is 1. The Morgan fingerprint density at radius 2 is 1.54 bits per heavy atom. The van der Waals surface area contributed by atoms with Crippen molar-refractivity contribution in [3.05, 3.63) is 89.5 Å². The maximum atomic E-state index is 13.0. The molecule has 3 aromatic carbocycles. The summed E-state index contributed by atoms with van der Waals surface area (Å²) < 4.78 is 5.60. The molecule has 0 fully saturated rings. The van der Waals surface area contributed by atoms with Gasteiger partial charge in [-0.2, -0.15) is 0 Å². The van der Waals surface area contributed by atoms with Gasteiger partial charge in [-0.25, -0.2) is 9.59 Å². The monoisotopic (exact) mass is 502 g/mol. The fraction of sp³-hybridized carbons (Fsp3) is 0.250. The van der Waals surface area contributed by atoms with E-state index in [1.807, 2.05) is 36.4 Å². The molecule has 1 aliphatic rings. The Hall–Kier alpha value is -4.37. The highest BCUT2D eigenvalue weighted by Crippen LogP contribution is 2.44. The zero-order valence-electron chi connectivity index (χ0n) is 20.3. The number of nitrogens with two attached hydrogens (primary N) is 1. The van der Waals surface area contributed by atoms with Gasteiger partial charge in [0.15, 0.2) is 0 Å². The second-order valence-corrected chi connectivity index (χ2v) is 8.80. The molecule has 0 saturated heterocycles. The molecule has 0 aromatic heterocycles. The number of carbonyl (C=O) groups is 3. The third-order valence-electron chi connectivity index (χ3n) is 6.33. The highest BCUT2D eigenvalue weighted by atomic mass is 16.5.